The Morgan fingerprint density at radius 3 is 2.65 bits per heavy atom. The number of aryl methyl sites for hydroxylation is 1. The minimum atomic E-state index is 0.0229. The van der Waals surface area contributed by atoms with Crippen LogP contribution < -0.4 is 5.32 Å². The molecule has 0 radical (unpaired) electrons. The molecule has 2 rings (SSSR count). The van der Waals surface area contributed by atoms with Crippen LogP contribution in [0.4, 0.5) is 4.79 Å². The zero-order valence-corrected chi connectivity index (χ0v) is 17.2. The molecule has 0 spiro atoms. The van der Waals surface area contributed by atoms with E-state index in [4.69, 9.17) is 0 Å². The molecule has 1 unspecified atom stereocenters. The molecule has 2 amide bonds. The summed E-state index contributed by atoms with van der Waals surface area (Å²) in [5.74, 6) is 1.33. The first-order chi connectivity index (χ1) is 12.3. The second-order valence-electron chi connectivity index (χ2n) is 8.31. The van der Waals surface area contributed by atoms with Gasteiger partial charge in [0.2, 0.25) is 0 Å². The molecule has 0 aromatic carbocycles. The first-order valence-corrected chi connectivity index (χ1v) is 9.99. The maximum absolute atomic E-state index is 12.5. The Morgan fingerprint density at radius 2 is 2.04 bits per heavy atom. The highest BCUT2D eigenvalue weighted by molar-refractivity contribution is 5.74. The van der Waals surface area contributed by atoms with Gasteiger partial charge in [-0.15, -0.1) is 0 Å². The molecule has 1 fully saturated rings. The lowest BCUT2D eigenvalue weighted by molar-refractivity contribution is 0.160. The summed E-state index contributed by atoms with van der Waals surface area (Å²) in [6, 6.07) is 4.23. The second-order valence-corrected chi connectivity index (χ2v) is 8.31. The van der Waals surface area contributed by atoms with Crippen LogP contribution in [-0.4, -0.2) is 60.1 Å². The van der Waals surface area contributed by atoms with Crippen molar-refractivity contribution in [3.05, 3.63) is 29.6 Å². The number of likely N-dealkylation sites (tertiary alicyclic amines) is 1. The first kappa shape index (κ1) is 20.7. The van der Waals surface area contributed by atoms with Crippen LogP contribution in [0.3, 0.4) is 0 Å². The molecule has 1 N–H and O–H groups in total. The Bertz CT molecular complexity index is 567. The maximum atomic E-state index is 12.5. The van der Waals surface area contributed by atoms with Crippen LogP contribution in [0.1, 0.15) is 44.9 Å². The number of carbonyl (C=O) groups excluding carboxylic acids is 1. The van der Waals surface area contributed by atoms with Crippen molar-refractivity contribution < 1.29 is 4.79 Å². The van der Waals surface area contributed by atoms with Gasteiger partial charge in [-0.05, 0) is 69.3 Å². The highest BCUT2D eigenvalue weighted by atomic mass is 16.2. The molecule has 26 heavy (non-hydrogen) atoms. The number of nitrogens with zero attached hydrogens (tertiary/aromatic N) is 3. The van der Waals surface area contributed by atoms with Crippen LogP contribution in [0.25, 0.3) is 0 Å². The molecule has 1 aromatic heterocycles. The fourth-order valence-electron chi connectivity index (χ4n) is 3.60. The third-order valence-corrected chi connectivity index (χ3v) is 5.33. The lowest BCUT2D eigenvalue weighted by Crippen LogP contribution is -2.46. The Labute approximate surface area is 159 Å². The normalized spacial score (nSPS) is 17.3. The predicted molar refractivity (Wildman–Crippen MR) is 107 cm³/mol. The van der Waals surface area contributed by atoms with Gasteiger partial charge in [0.1, 0.15) is 0 Å². The molecule has 0 bridgehead atoms. The molecule has 0 saturated carbocycles. The molecule has 1 aromatic rings. The van der Waals surface area contributed by atoms with Gasteiger partial charge in [-0.1, -0.05) is 13.8 Å². The van der Waals surface area contributed by atoms with Gasteiger partial charge in [0, 0.05) is 44.5 Å². The molecule has 2 heterocycles. The average Bonchev–Trinajstić information content (AvgIpc) is 2.59. The monoisotopic (exact) mass is 360 g/mol. The maximum Gasteiger partial charge on any atom is 0.317 e. The number of pyridine rings is 1. The van der Waals surface area contributed by atoms with E-state index in [-0.39, 0.29) is 12.1 Å². The number of hydrogen-bond acceptors (Lipinski definition) is 3. The highest BCUT2D eigenvalue weighted by Crippen LogP contribution is 2.17. The quantitative estimate of drug-likeness (QED) is 0.811. The van der Waals surface area contributed by atoms with Crippen LogP contribution in [0, 0.1) is 18.8 Å². The number of aromatic nitrogens is 1. The Kier molecular flexibility index (Phi) is 7.88. The SMILES string of the molecule is Cc1ccnc(CC(C)N(C)C(=O)NCC2CCN(CC(C)C)CC2)c1. The van der Waals surface area contributed by atoms with E-state index in [1.807, 2.05) is 19.3 Å². The predicted octanol–water partition coefficient (Wildman–Crippen LogP) is 3.33. The van der Waals surface area contributed by atoms with E-state index in [2.05, 4.69) is 49.0 Å². The van der Waals surface area contributed by atoms with E-state index in [9.17, 15) is 4.79 Å². The number of likely N-dealkylation sites (N-methyl/N-ethyl adjacent to an activating group) is 1. The number of rotatable bonds is 7. The van der Waals surface area contributed by atoms with Gasteiger partial charge in [0.15, 0.2) is 0 Å². The van der Waals surface area contributed by atoms with Crippen molar-refractivity contribution in [3.8, 4) is 0 Å². The van der Waals surface area contributed by atoms with E-state index >= 15 is 0 Å². The summed E-state index contributed by atoms with van der Waals surface area (Å²) in [5.41, 5.74) is 2.24. The summed E-state index contributed by atoms with van der Waals surface area (Å²) < 4.78 is 0. The first-order valence-electron chi connectivity index (χ1n) is 9.99. The van der Waals surface area contributed by atoms with Gasteiger partial charge in [-0.25, -0.2) is 4.79 Å². The van der Waals surface area contributed by atoms with Crippen LogP contribution in [0.2, 0.25) is 0 Å². The van der Waals surface area contributed by atoms with Crippen molar-refractivity contribution in [1.82, 2.24) is 20.1 Å². The highest BCUT2D eigenvalue weighted by Gasteiger charge is 2.22. The summed E-state index contributed by atoms with van der Waals surface area (Å²) in [5, 5.41) is 3.13. The molecular weight excluding hydrogens is 324 g/mol. The third kappa shape index (κ3) is 6.60. The molecule has 0 aliphatic carbocycles. The molecule has 146 valence electrons. The minimum absolute atomic E-state index is 0.0229. The smallest absolute Gasteiger partial charge is 0.317 e. The molecule has 1 atom stereocenters. The molecule has 5 nitrogen and oxygen atoms in total. The fraction of sp³-hybridized carbons (Fsp3) is 0.714. The molecule has 1 aliphatic rings. The summed E-state index contributed by atoms with van der Waals surface area (Å²) >= 11 is 0. The van der Waals surface area contributed by atoms with Crippen LogP contribution >= 0.6 is 0 Å². The largest absolute Gasteiger partial charge is 0.338 e. The van der Waals surface area contributed by atoms with Gasteiger partial charge in [-0.3, -0.25) is 4.98 Å². The van der Waals surface area contributed by atoms with Crippen molar-refractivity contribution >= 4 is 6.03 Å². The van der Waals surface area contributed by atoms with Gasteiger partial charge < -0.3 is 15.1 Å². The van der Waals surface area contributed by atoms with Crippen molar-refractivity contribution in [3.63, 3.8) is 0 Å². The zero-order valence-electron chi connectivity index (χ0n) is 17.2. The number of hydrogen-bond donors (Lipinski definition) is 1. The molecular formula is C21H36N4O. The van der Waals surface area contributed by atoms with Gasteiger partial charge in [-0.2, -0.15) is 0 Å². The van der Waals surface area contributed by atoms with Gasteiger partial charge >= 0.3 is 6.03 Å². The summed E-state index contributed by atoms with van der Waals surface area (Å²) in [6.45, 7) is 13.0. The lowest BCUT2D eigenvalue weighted by atomic mass is 9.96. The summed E-state index contributed by atoms with van der Waals surface area (Å²) in [7, 11) is 1.88. The number of nitrogens with one attached hydrogen (secondary N) is 1. The second kappa shape index (κ2) is 9.91. The van der Waals surface area contributed by atoms with E-state index < -0.39 is 0 Å². The molecule has 1 aliphatic heterocycles. The molecule has 1 saturated heterocycles. The topological polar surface area (TPSA) is 48.5 Å². The Morgan fingerprint density at radius 1 is 1.35 bits per heavy atom. The average molecular weight is 361 g/mol. The van der Waals surface area contributed by atoms with Crippen molar-refractivity contribution in [1.29, 1.82) is 0 Å². The van der Waals surface area contributed by atoms with Gasteiger partial charge in [0.25, 0.3) is 0 Å². The lowest BCUT2D eigenvalue weighted by Gasteiger charge is -2.33. The van der Waals surface area contributed by atoms with E-state index in [0.717, 1.165) is 37.7 Å². The molecule has 5 heteroatoms. The van der Waals surface area contributed by atoms with Gasteiger partial charge in [0.05, 0.1) is 0 Å². The summed E-state index contributed by atoms with van der Waals surface area (Å²) in [4.78, 5) is 21.2. The standard InChI is InChI=1S/C21H36N4O/c1-16(2)15-25-10-7-19(8-11-25)14-23-21(26)24(5)18(4)13-20-12-17(3)6-9-22-20/h6,9,12,16,18-19H,7-8,10-11,13-15H2,1-5H3,(H,23,26). The summed E-state index contributed by atoms with van der Waals surface area (Å²) in [6.07, 6.45) is 4.97. The van der Waals surface area contributed by atoms with Crippen molar-refractivity contribution in [2.45, 2.75) is 53.0 Å². The number of carbonyl (C=O) groups is 1. The van der Waals surface area contributed by atoms with Crippen molar-refractivity contribution in [2.24, 2.45) is 11.8 Å². The number of piperidine rings is 1. The minimum Gasteiger partial charge on any atom is -0.338 e. The Hall–Kier alpha value is -1.62. The van der Waals surface area contributed by atoms with E-state index in [1.54, 1.807) is 4.90 Å². The third-order valence-electron chi connectivity index (χ3n) is 5.33. The van der Waals surface area contributed by atoms with Crippen molar-refractivity contribution in [2.75, 3.05) is 33.2 Å². The zero-order chi connectivity index (χ0) is 19.1. The van der Waals surface area contributed by atoms with E-state index in [1.165, 1.54) is 24.9 Å². The number of urea groups is 1. The van der Waals surface area contributed by atoms with Crippen LogP contribution in [0.5, 0.6) is 0 Å². The Balaban J connectivity index is 1.72. The van der Waals surface area contributed by atoms with E-state index in [0.29, 0.717) is 5.92 Å². The fourth-order valence-corrected chi connectivity index (χ4v) is 3.60. The number of amides is 2. The van der Waals surface area contributed by atoms with Crippen LogP contribution in [-0.2, 0) is 6.42 Å². The van der Waals surface area contributed by atoms with Crippen LogP contribution in [0.15, 0.2) is 18.3 Å².